The highest BCUT2D eigenvalue weighted by atomic mass is 32.1. The van der Waals surface area contributed by atoms with Crippen LogP contribution in [0.2, 0.25) is 0 Å². The summed E-state index contributed by atoms with van der Waals surface area (Å²) >= 11 is 1.58. The first-order valence-corrected chi connectivity index (χ1v) is 8.53. The number of aromatic nitrogens is 2. The summed E-state index contributed by atoms with van der Waals surface area (Å²) in [6.07, 6.45) is 4.29. The predicted molar refractivity (Wildman–Crippen MR) is 86.4 cm³/mol. The van der Waals surface area contributed by atoms with E-state index in [1.54, 1.807) is 22.4 Å². The van der Waals surface area contributed by atoms with Crippen LogP contribution in [-0.4, -0.2) is 45.3 Å². The van der Waals surface area contributed by atoms with Gasteiger partial charge in [-0.2, -0.15) is 11.3 Å². The van der Waals surface area contributed by atoms with Crippen LogP contribution in [0.25, 0.3) is 0 Å². The van der Waals surface area contributed by atoms with E-state index in [-0.39, 0.29) is 23.9 Å². The molecule has 0 radical (unpaired) electrons. The molecule has 23 heavy (non-hydrogen) atoms. The lowest BCUT2D eigenvalue weighted by Crippen LogP contribution is -2.40. The van der Waals surface area contributed by atoms with Gasteiger partial charge in [0.1, 0.15) is 5.69 Å². The summed E-state index contributed by atoms with van der Waals surface area (Å²) in [5.74, 6) is -0.0455. The molecule has 2 aromatic heterocycles. The third kappa shape index (κ3) is 2.31. The lowest BCUT2D eigenvalue weighted by Gasteiger charge is -2.24. The number of fused-ring (bicyclic) bond motifs is 1. The van der Waals surface area contributed by atoms with Crippen LogP contribution in [0.15, 0.2) is 29.2 Å². The standard InChI is InChI=1S/C16H16N4O2S/c1-10-7-18-12(8-17-10)16(22)19-4-2-13-14(19)6-15(21)20(13)11-3-5-23-9-11/h3,5,7-9,13-14H,2,4,6H2,1H3/t13-,14+/m1/s1. The Labute approximate surface area is 137 Å². The largest absolute Gasteiger partial charge is 0.332 e. The van der Waals surface area contributed by atoms with Crippen LogP contribution in [0.5, 0.6) is 0 Å². The van der Waals surface area contributed by atoms with Gasteiger partial charge in [0.15, 0.2) is 0 Å². The van der Waals surface area contributed by atoms with Crippen LogP contribution in [0.4, 0.5) is 5.69 Å². The maximum atomic E-state index is 12.7. The summed E-state index contributed by atoms with van der Waals surface area (Å²) in [6, 6.07) is 1.96. The number of nitrogens with zero attached hydrogens (tertiary/aromatic N) is 4. The molecule has 2 aliphatic rings. The van der Waals surface area contributed by atoms with Crippen molar-refractivity contribution in [2.45, 2.75) is 31.8 Å². The molecule has 2 aliphatic heterocycles. The molecule has 0 N–H and O–H groups in total. The first-order chi connectivity index (χ1) is 11.1. The molecule has 2 fully saturated rings. The average molecular weight is 328 g/mol. The van der Waals surface area contributed by atoms with Crippen molar-refractivity contribution in [3.05, 3.63) is 40.6 Å². The molecule has 0 unspecified atom stereocenters. The molecule has 0 spiro atoms. The molecule has 0 saturated carbocycles. The van der Waals surface area contributed by atoms with Crippen molar-refractivity contribution in [3.8, 4) is 0 Å². The highest BCUT2D eigenvalue weighted by molar-refractivity contribution is 7.08. The number of carbonyl (C=O) groups is 2. The normalized spacial score (nSPS) is 23.4. The zero-order valence-corrected chi connectivity index (χ0v) is 13.5. The number of carbonyl (C=O) groups excluding carboxylic acids is 2. The van der Waals surface area contributed by atoms with Crippen molar-refractivity contribution in [3.63, 3.8) is 0 Å². The maximum Gasteiger partial charge on any atom is 0.274 e. The number of aryl methyl sites for hydroxylation is 1. The van der Waals surface area contributed by atoms with E-state index in [1.807, 2.05) is 28.7 Å². The Morgan fingerprint density at radius 3 is 2.87 bits per heavy atom. The summed E-state index contributed by atoms with van der Waals surface area (Å²) in [7, 11) is 0. The van der Waals surface area contributed by atoms with E-state index in [0.29, 0.717) is 18.7 Å². The fraction of sp³-hybridized carbons (Fsp3) is 0.375. The van der Waals surface area contributed by atoms with E-state index in [0.717, 1.165) is 17.8 Å². The quantitative estimate of drug-likeness (QED) is 0.844. The molecule has 4 heterocycles. The lowest BCUT2D eigenvalue weighted by molar-refractivity contribution is -0.117. The molecule has 0 aliphatic carbocycles. The third-order valence-corrected chi connectivity index (χ3v) is 5.21. The molecular weight excluding hydrogens is 312 g/mol. The van der Waals surface area contributed by atoms with E-state index < -0.39 is 0 Å². The van der Waals surface area contributed by atoms with E-state index in [2.05, 4.69) is 9.97 Å². The maximum absolute atomic E-state index is 12.7. The van der Waals surface area contributed by atoms with Crippen molar-refractivity contribution in [2.75, 3.05) is 11.4 Å². The minimum Gasteiger partial charge on any atom is -0.332 e. The fourth-order valence-corrected chi connectivity index (χ4v) is 4.11. The molecule has 2 amide bonds. The highest BCUT2D eigenvalue weighted by Crippen LogP contribution is 2.37. The van der Waals surface area contributed by atoms with Crippen molar-refractivity contribution in [2.24, 2.45) is 0 Å². The second-order valence-corrected chi connectivity index (χ2v) is 6.69. The Kier molecular flexibility index (Phi) is 3.37. The Bertz CT molecular complexity index is 744. The van der Waals surface area contributed by atoms with Crippen LogP contribution in [0.1, 0.15) is 29.0 Å². The minimum absolute atomic E-state index is 0.0689. The summed E-state index contributed by atoms with van der Waals surface area (Å²) in [6.45, 7) is 2.49. The van der Waals surface area contributed by atoms with Gasteiger partial charge in [0.25, 0.3) is 5.91 Å². The van der Waals surface area contributed by atoms with Gasteiger partial charge in [-0.15, -0.1) is 0 Å². The van der Waals surface area contributed by atoms with Gasteiger partial charge in [-0.3, -0.25) is 14.6 Å². The number of rotatable bonds is 2. The van der Waals surface area contributed by atoms with E-state index in [1.165, 1.54) is 6.20 Å². The number of anilines is 1. The molecule has 0 bridgehead atoms. The van der Waals surface area contributed by atoms with Gasteiger partial charge in [0, 0.05) is 24.5 Å². The Balaban J connectivity index is 1.58. The van der Waals surface area contributed by atoms with Gasteiger partial charge in [0.2, 0.25) is 5.91 Å². The van der Waals surface area contributed by atoms with Gasteiger partial charge >= 0.3 is 0 Å². The summed E-state index contributed by atoms with van der Waals surface area (Å²) in [5.41, 5.74) is 2.06. The van der Waals surface area contributed by atoms with Crippen molar-refractivity contribution in [1.82, 2.24) is 14.9 Å². The summed E-state index contributed by atoms with van der Waals surface area (Å²) in [4.78, 5) is 37.1. The monoisotopic (exact) mass is 328 g/mol. The molecule has 2 saturated heterocycles. The smallest absolute Gasteiger partial charge is 0.274 e. The Hall–Kier alpha value is -2.28. The summed E-state index contributed by atoms with van der Waals surface area (Å²) < 4.78 is 0. The van der Waals surface area contributed by atoms with Gasteiger partial charge in [-0.1, -0.05) is 0 Å². The van der Waals surface area contributed by atoms with E-state index >= 15 is 0 Å². The first-order valence-electron chi connectivity index (χ1n) is 7.59. The molecule has 118 valence electrons. The number of thiophene rings is 1. The van der Waals surface area contributed by atoms with Crippen molar-refractivity contribution >= 4 is 28.8 Å². The Morgan fingerprint density at radius 1 is 1.30 bits per heavy atom. The lowest BCUT2D eigenvalue weighted by atomic mass is 10.1. The molecule has 0 aromatic carbocycles. The Morgan fingerprint density at radius 2 is 2.17 bits per heavy atom. The number of likely N-dealkylation sites (tertiary alicyclic amines) is 1. The van der Waals surface area contributed by atoms with Gasteiger partial charge in [-0.05, 0) is 24.8 Å². The molecule has 2 atom stereocenters. The second-order valence-electron chi connectivity index (χ2n) is 5.91. The molecule has 7 heteroatoms. The predicted octanol–water partition coefficient (Wildman–Crippen LogP) is 1.87. The van der Waals surface area contributed by atoms with Crippen LogP contribution in [0.3, 0.4) is 0 Å². The third-order valence-electron chi connectivity index (χ3n) is 4.54. The minimum atomic E-state index is -0.134. The van der Waals surface area contributed by atoms with Crippen LogP contribution in [-0.2, 0) is 4.79 Å². The zero-order chi connectivity index (χ0) is 16.0. The van der Waals surface area contributed by atoms with Crippen LogP contribution < -0.4 is 4.90 Å². The zero-order valence-electron chi connectivity index (χ0n) is 12.7. The van der Waals surface area contributed by atoms with Crippen molar-refractivity contribution < 1.29 is 9.59 Å². The van der Waals surface area contributed by atoms with Crippen molar-refractivity contribution in [1.29, 1.82) is 0 Å². The molecular formula is C16H16N4O2S. The van der Waals surface area contributed by atoms with E-state index in [9.17, 15) is 9.59 Å². The van der Waals surface area contributed by atoms with E-state index in [4.69, 9.17) is 0 Å². The first kappa shape index (κ1) is 14.3. The number of amides is 2. The van der Waals surface area contributed by atoms with Gasteiger partial charge in [-0.25, -0.2) is 4.98 Å². The van der Waals surface area contributed by atoms with Gasteiger partial charge in [0.05, 0.1) is 29.7 Å². The fourth-order valence-electron chi connectivity index (χ4n) is 3.48. The summed E-state index contributed by atoms with van der Waals surface area (Å²) in [5, 5.41) is 3.95. The topological polar surface area (TPSA) is 66.4 Å². The SMILES string of the molecule is Cc1cnc(C(=O)N2CC[C@@H]3[C@@H]2CC(=O)N3c2ccsc2)cn1. The highest BCUT2D eigenvalue weighted by Gasteiger charge is 2.49. The van der Waals surface area contributed by atoms with Crippen LogP contribution >= 0.6 is 11.3 Å². The average Bonchev–Trinajstić information content (AvgIpc) is 3.24. The molecule has 4 rings (SSSR count). The number of hydrogen-bond acceptors (Lipinski definition) is 5. The van der Waals surface area contributed by atoms with Crippen LogP contribution in [0, 0.1) is 6.92 Å². The molecule has 6 nitrogen and oxygen atoms in total. The molecule has 2 aromatic rings. The van der Waals surface area contributed by atoms with Gasteiger partial charge < -0.3 is 9.80 Å². The second kappa shape index (κ2) is 5.42. The number of hydrogen-bond donors (Lipinski definition) is 0.